The van der Waals surface area contributed by atoms with Gasteiger partial charge in [0.15, 0.2) is 0 Å². The second kappa shape index (κ2) is 4.13. The summed E-state index contributed by atoms with van der Waals surface area (Å²) in [5.41, 5.74) is 0.363. The Morgan fingerprint density at radius 1 is 1.50 bits per heavy atom. The number of nitrogens with zero attached hydrogens (tertiary/aromatic N) is 1. The highest BCUT2D eigenvalue weighted by molar-refractivity contribution is 5.18. The molecule has 0 amide bonds. The second-order valence-electron chi connectivity index (χ2n) is 4.61. The molecule has 1 aliphatic rings. The largest absolute Gasteiger partial charge is 0.346 e. The standard InChI is InChI=1S/C11H17F2N3/c1-7-10(11(2,12)13)16-9(15-7)5-8-3-4-14-6-8/h8,14H,3-6H2,1-2H3,(H,15,16). The molecular weight excluding hydrogens is 212 g/mol. The molecule has 2 rings (SSSR count). The van der Waals surface area contributed by atoms with E-state index in [-0.39, 0.29) is 5.69 Å². The van der Waals surface area contributed by atoms with Crippen LogP contribution >= 0.6 is 0 Å². The zero-order chi connectivity index (χ0) is 11.8. The van der Waals surface area contributed by atoms with Gasteiger partial charge in [0.2, 0.25) is 0 Å². The van der Waals surface area contributed by atoms with E-state index >= 15 is 0 Å². The number of aromatic nitrogens is 2. The monoisotopic (exact) mass is 229 g/mol. The molecule has 0 spiro atoms. The van der Waals surface area contributed by atoms with Crippen molar-refractivity contribution in [3.8, 4) is 0 Å². The average Bonchev–Trinajstić information content (AvgIpc) is 2.74. The fraction of sp³-hybridized carbons (Fsp3) is 0.727. The third kappa shape index (κ3) is 2.40. The summed E-state index contributed by atoms with van der Waals surface area (Å²) in [6.45, 7) is 4.51. The van der Waals surface area contributed by atoms with Gasteiger partial charge in [-0.2, -0.15) is 8.78 Å². The van der Waals surface area contributed by atoms with Crippen LogP contribution in [-0.4, -0.2) is 23.1 Å². The molecular formula is C11H17F2N3. The molecule has 16 heavy (non-hydrogen) atoms. The molecule has 0 bridgehead atoms. The van der Waals surface area contributed by atoms with Crippen molar-refractivity contribution in [3.63, 3.8) is 0 Å². The summed E-state index contributed by atoms with van der Waals surface area (Å²) >= 11 is 0. The van der Waals surface area contributed by atoms with Crippen molar-refractivity contribution in [3.05, 3.63) is 17.2 Å². The minimum Gasteiger partial charge on any atom is -0.346 e. The van der Waals surface area contributed by atoms with Gasteiger partial charge in [-0.1, -0.05) is 0 Å². The van der Waals surface area contributed by atoms with Gasteiger partial charge >= 0.3 is 0 Å². The Hall–Kier alpha value is -0.970. The number of imidazole rings is 1. The lowest BCUT2D eigenvalue weighted by molar-refractivity contribution is 0.0124. The molecule has 1 aromatic rings. The van der Waals surface area contributed by atoms with Crippen LogP contribution in [-0.2, 0) is 12.3 Å². The number of aromatic amines is 1. The van der Waals surface area contributed by atoms with Gasteiger partial charge in [0.05, 0.1) is 0 Å². The molecule has 0 aromatic carbocycles. The smallest absolute Gasteiger partial charge is 0.288 e. The van der Waals surface area contributed by atoms with Gasteiger partial charge in [-0.3, -0.25) is 0 Å². The summed E-state index contributed by atoms with van der Waals surface area (Å²) < 4.78 is 26.3. The maximum absolute atomic E-state index is 13.1. The number of hydrogen-bond donors (Lipinski definition) is 2. The topological polar surface area (TPSA) is 40.7 Å². The lowest BCUT2D eigenvalue weighted by atomic mass is 10.1. The van der Waals surface area contributed by atoms with Crippen molar-refractivity contribution in [2.75, 3.05) is 13.1 Å². The van der Waals surface area contributed by atoms with E-state index in [4.69, 9.17) is 0 Å². The van der Waals surface area contributed by atoms with Crippen LogP contribution in [0.5, 0.6) is 0 Å². The van der Waals surface area contributed by atoms with E-state index in [0.29, 0.717) is 17.4 Å². The number of halogens is 2. The Bertz CT molecular complexity index is 362. The summed E-state index contributed by atoms with van der Waals surface area (Å²) in [7, 11) is 0. The number of hydrogen-bond acceptors (Lipinski definition) is 2. The highest BCUT2D eigenvalue weighted by atomic mass is 19.3. The molecule has 0 radical (unpaired) electrons. The molecule has 1 atom stereocenters. The van der Waals surface area contributed by atoms with Crippen LogP contribution < -0.4 is 5.32 Å². The molecule has 2 heterocycles. The zero-order valence-corrected chi connectivity index (χ0v) is 9.61. The fourth-order valence-electron chi connectivity index (χ4n) is 2.21. The van der Waals surface area contributed by atoms with Gasteiger partial charge < -0.3 is 10.3 Å². The first kappa shape index (κ1) is 11.5. The third-order valence-electron chi connectivity index (χ3n) is 2.99. The van der Waals surface area contributed by atoms with Gasteiger partial charge in [-0.25, -0.2) is 4.98 Å². The highest BCUT2D eigenvalue weighted by Crippen LogP contribution is 2.28. The summed E-state index contributed by atoms with van der Waals surface area (Å²) in [4.78, 5) is 6.97. The first-order valence-corrected chi connectivity index (χ1v) is 5.61. The molecule has 90 valence electrons. The summed E-state index contributed by atoms with van der Waals surface area (Å²) in [6.07, 6.45) is 1.85. The average molecular weight is 229 g/mol. The molecule has 1 aliphatic heterocycles. The summed E-state index contributed by atoms with van der Waals surface area (Å²) in [5.74, 6) is -1.65. The van der Waals surface area contributed by atoms with E-state index in [1.165, 1.54) is 0 Å². The zero-order valence-electron chi connectivity index (χ0n) is 9.61. The molecule has 0 aliphatic carbocycles. The van der Waals surface area contributed by atoms with Gasteiger partial charge in [-0.05, 0) is 32.4 Å². The predicted molar refractivity (Wildman–Crippen MR) is 57.6 cm³/mol. The molecule has 3 nitrogen and oxygen atoms in total. The van der Waals surface area contributed by atoms with Crippen molar-refractivity contribution in [2.45, 2.75) is 32.6 Å². The van der Waals surface area contributed by atoms with Crippen LogP contribution in [0.15, 0.2) is 0 Å². The van der Waals surface area contributed by atoms with Crippen molar-refractivity contribution >= 4 is 0 Å². The lowest BCUT2D eigenvalue weighted by Gasteiger charge is -2.07. The summed E-state index contributed by atoms with van der Waals surface area (Å²) in [5, 5.41) is 3.25. The van der Waals surface area contributed by atoms with E-state index in [1.54, 1.807) is 6.92 Å². The van der Waals surface area contributed by atoms with Crippen LogP contribution in [0.2, 0.25) is 0 Å². The van der Waals surface area contributed by atoms with E-state index < -0.39 is 5.92 Å². The van der Waals surface area contributed by atoms with E-state index in [2.05, 4.69) is 15.3 Å². The normalized spacial score (nSPS) is 21.6. The van der Waals surface area contributed by atoms with Crippen LogP contribution in [0.4, 0.5) is 8.78 Å². The maximum Gasteiger partial charge on any atom is 0.288 e. The van der Waals surface area contributed by atoms with Crippen LogP contribution in [0.1, 0.15) is 30.6 Å². The first-order valence-electron chi connectivity index (χ1n) is 5.61. The van der Waals surface area contributed by atoms with E-state index in [9.17, 15) is 8.78 Å². The number of rotatable bonds is 3. The SMILES string of the molecule is Cc1[nH]c(CC2CCNC2)nc1C(C)(F)F. The molecule has 1 unspecified atom stereocenters. The molecule has 0 saturated carbocycles. The number of H-pyrrole nitrogens is 1. The fourth-order valence-corrected chi connectivity index (χ4v) is 2.21. The molecule has 5 heteroatoms. The van der Waals surface area contributed by atoms with Gasteiger partial charge in [0.25, 0.3) is 5.92 Å². The predicted octanol–water partition coefficient (Wildman–Crippen LogP) is 1.98. The molecule has 1 saturated heterocycles. The quantitative estimate of drug-likeness (QED) is 0.832. The number of aryl methyl sites for hydroxylation is 1. The Labute approximate surface area is 93.7 Å². The van der Waals surface area contributed by atoms with Crippen LogP contribution in [0, 0.1) is 12.8 Å². The van der Waals surface area contributed by atoms with Gasteiger partial charge in [0.1, 0.15) is 11.5 Å². The Balaban J connectivity index is 2.11. The Morgan fingerprint density at radius 3 is 2.75 bits per heavy atom. The van der Waals surface area contributed by atoms with Crippen molar-refractivity contribution in [1.82, 2.24) is 15.3 Å². The lowest BCUT2D eigenvalue weighted by Crippen LogP contribution is -2.12. The van der Waals surface area contributed by atoms with E-state index in [1.807, 2.05) is 0 Å². The number of nitrogens with one attached hydrogen (secondary N) is 2. The van der Waals surface area contributed by atoms with Crippen molar-refractivity contribution in [1.29, 1.82) is 0 Å². The third-order valence-corrected chi connectivity index (χ3v) is 2.99. The van der Waals surface area contributed by atoms with Crippen LogP contribution in [0.3, 0.4) is 0 Å². The van der Waals surface area contributed by atoms with E-state index in [0.717, 1.165) is 32.9 Å². The van der Waals surface area contributed by atoms with Crippen molar-refractivity contribution < 1.29 is 8.78 Å². The molecule has 1 aromatic heterocycles. The minimum atomic E-state index is -2.85. The van der Waals surface area contributed by atoms with Crippen LogP contribution in [0.25, 0.3) is 0 Å². The first-order chi connectivity index (χ1) is 7.47. The van der Waals surface area contributed by atoms with Gasteiger partial charge in [-0.15, -0.1) is 0 Å². The molecule has 2 N–H and O–H groups in total. The minimum absolute atomic E-state index is 0.117. The maximum atomic E-state index is 13.1. The summed E-state index contributed by atoms with van der Waals surface area (Å²) in [6, 6.07) is 0. The van der Waals surface area contributed by atoms with Crippen molar-refractivity contribution in [2.24, 2.45) is 5.92 Å². The highest BCUT2D eigenvalue weighted by Gasteiger charge is 2.30. The Kier molecular flexibility index (Phi) is 2.97. The number of alkyl halides is 2. The second-order valence-corrected chi connectivity index (χ2v) is 4.61. The molecule has 1 fully saturated rings. The van der Waals surface area contributed by atoms with Gasteiger partial charge in [0, 0.05) is 19.0 Å². The Morgan fingerprint density at radius 2 is 2.25 bits per heavy atom.